The lowest BCUT2D eigenvalue weighted by molar-refractivity contribution is -0.133. The number of fused-ring (bicyclic) bond motifs is 1. The molecule has 3 aliphatic rings. The van der Waals surface area contributed by atoms with E-state index in [-0.39, 0.29) is 22.9 Å². The topological polar surface area (TPSA) is 75.1 Å². The van der Waals surface area contributed by atoms with Gasteiger partial charge in [0, 0.05) is 56.9 Å². The molecule has 0 N–H and O–H groups in total. The summed E-state index contributed by atoms with van der Waals surface area (Å²) in [5, 5.41) is 0.167. The number of likely N-dealkylation sites (tertiary alicyclic amines) is 1. The number of hydrogen-bond acceptors (Lipinski definition) is 6. The van der Waals surface area contributed by atoms with E-state index in [2.05, 4.69) is 11.8 Å². The quantitative estimate of drug-likeness (QED) is 0.604. The normalized spacial score (nSPS) is 19.1. The zero-order chi connectivity index (χ0) is 23.8. The average Bonchev–Trinajstić information content (AvgIpc) is 3.55. The number of nitrogens with zero attached hydrogens (tertiary/aromatic N) is 4. The van der Waals surface area contributed by atoms with Crippen molar-refractivity contribution < 1.29 is 18.7 Å². The van der Waals surface area contributed by atoms with Gasteiger partial charge in [-0.25, -0.2) is 9.18 Å². The Bertz CT molecular complexity index is 1160. The molecule has 8 nitrogen and oxygen atoms in total. The smallest absolute Gasteiger partial charge is 0.344 e. The van der Waals surface area contributed by atoms with Gasteiger partial charge in [0.15, 0.2) is 6.61 Å². The molecule has 2 aromatic rings. The Morgan fingerprint density at radius 3 is 2.41 bits per heavy atom. The molecule has 0 atom stereocenters. The number of aromatic nitrogens is 1. The van der Waals surface area contributed by atoms with E-state index < -0.39 is 23.8 Å². The Morgan fingerprint density at radius 2 is 1.76 bits per heavy atom. The minimum atomic E-state index is -0.839. The van der Waals surface area contributed by atoms with Crippen LogP contribution in [0, 0.1) is 5.82 Å². The van der Waals surface area contributed by atoms with Gasteiger partial charge >= 0.3 is 5.97 Å². The summed E-state index contributed by atoms with van der Waals surface area (Å²) in [5.41, 5.74) is 0.402. The van der Waals surface area contributed by atoms with E-state index in [0.717, 1.165) is 58.4 Å². The monoisotopic (exact) mass is 470 g/mol. The van der Waals surface area contributed by atoms with Gasteiger partial charge in [-0.1, -0.05) is 6.92 Å². The minimum absolute atomic E-state index is 0.155. The number of carbonyl (C=O) groups excluding carboxylic acids is 2. The molecule has 2 saturated heterocycles. The number of ether oxygens (including phenoxy) is 1. The summed E-state index contributed by atoms with van der Waals surface area (Å²) in [4.78, 5) is 44.2. The van der Waals surface area contributed by atoms with Gasteiger partial charge < -0.3 is 24.0 Å². The fourth-order valence-corrected chi connectivity index (χ4v) is 4.97. The fourth-order valence-electron chi connectivity index (χ4n) is 4.97. The number of likely N-dealkylation sites (N-methyl/N-ethyl adjacent to an activating group) is 1. The maximum absolute atomic E-state index is 15.2. The van der Waals surface area contributed by atoms with Gasteiger partial charge in [-0.05, 0) is 44.4 Å². The standard InChI is InChI=1S/C25H31FN4O4/c1-2-27-9-11-28(12-10-27)22-14-21-18(13-20(22)26)24(32)19(15-30(21)17-5-6-17)25(33)34-16-23(31)29-7-3-4-8-29/h13-15,17H,2-12,16H2,1H3. The number of amides is 1. The second-order valence-corrected chi connectivity index (χ2v) is 9.42. The third-order valence-electron chi connectivity index (χ3n) is 7.21. The number of rotatable bonds is 6. The van der Waals surface area contributed by atoms with Crippen LogP contribution in [0.25, 0.3) is 10.9 Å². The van der Waals surface area contributed by atoms with E-state index in [9.17, 15) is 14.4 Å². The molecule has 1 saturated carbocycles. The first kappa shape index (κ1) is 22.8. The lowest BCUT2D eigenvalue weighted by atomic mass is 10.1. The van der Waals surface area contributed by atoms with Crippen molar-refractivity contribution in [2.24, 2.45) is 0 Å². The molecule has 1 aromatic carbocycles. The van der Waals surface area contributed by atoms with Gasteiger partial charge in [0.05, 0.1) is 11.2 Å². The minimum Gasteiger partial charge on any atom is -0.452 e. The molecule has 3 heterocycles. The summed E-state index contributed by atoms with van der Waals surface area (Å²) in [7, 11) is 0. The Hall–Kier alpha value is -2.94. The molecule has 0 bridgehead atoms. The summed E-state index contributed by atoms with van der Waals surface area (Å²) >= 11 is 0. The van der Waals surface area contributed by atoms with Crippen LogP contribution in [0.15, 0.2) is 23.1 Å². The Morgan fingerprint density at radius 1 is 1.06 bits per heavy atom. The summed E-state index contributed by atoms with van der Waals surface area (Å²) < 4.78 is 22.3. The van der Waals surface area contributed by atoms with Crippen LogP contribution < -0.4 is 10.3 Å². The van der Waals surface area contributed by atoms with Gasteiger partial charge in [0.1, 0.15) is 11.4 Å². The predicted octanol–water partition coefficient (Wildman–Crippen LogP) is 2.40. The highest BCUT2D eigenvalue weighted by atomic mass is 19.1. The van der Waals surface area contributed by atoms with E-state index in [4.69, 9.17) is 4.74 Å². The van der Waals surface area contributed by atoms with Crippen molar-refractivity contribution in [3.8, 4) is 0 Å². The summed E-state index contributed by atoms with van der Waals surface area (Å²) in [5.74, 6) is -1.56. The van der Waals surface area contributed by atoms with Crippen LogP contribution >= 0.6 is 0 Å². The lowest BCUT2D eigenvalue weighted by Gasteiger charge is -2.35. The molecule has 34 heavy (non-hydrogen) atoms. The summed E-state index contributed by atoms with van der Waals surface area (Å²) in [6.45, 7) is 7.19. The molecule has 1 aliphatic carbocycles. The second kappa shape index (κ2) is 9.37. The molecule has 1 aromatic heterocycles. The summed E-state index contributed by atoms with van der Waals surface area (Å²) in [6.07, 6.45) is 5.28. The molecule has 1 amide bonds. The molecule has 0 radical (unpaired) electrons. The van der Waals surface area contributed by atoms with Crippen molar-refractivity contribution in [3.05, 3.63) is 39.9 Å². The number of esters is 1. The van der Waals surface area contributed by atoms with Crippen LogP contribution in [0.2, 0.25) is 0 Å². The van der Waals surface area contributed by atoms with Crippen molar-refractivity contribution >= 4 is 28.5 Å². The third kappa shape index (κ3) is 4.41. The molecular weight excluding hydrogens is 439 g/mol. The van der Waals surface area contributed by atoms with Crippen molar-refractivity contribution in [2.45, 2.75) is 38.6 Å². The van der Waals surface area contributed by atoms with Gasteiger partial charge in [0.2, 0.25) is 5.43 Å². The van der Waals surface area contributed by atoms with Crippen LogP contribution in [0.5, 0.6) is 0 Å². The molecular formula is C25H31FN4O4. The van der Waals surface area contributed by atoms with Crippen LogP contribution in [0.3, 0.4) is 0 Å². The first-order valence-corrected chi connectivity index (χ1v) is 12.3. The lowest BCUT2D eigenvalue weighted by Crippen LogP contribution is -2.46. The Balaban J connectivity index is 1.44. The zero-order valence-corrected chi connectivity index (χ0v) is 19.6. The molecule has 2 aliphatic heterocycles. The SMILES string of the molecule is CCN1CCN(c2cc3c(cc2F)c(=O)c(C(=O)OCC(=O)N2CCCC2)cn3C2CC2)CC1. The van der Waals surface area contributed by atoms with Crippen molar-refractivity contribution in [2.75, 3.05) is 57.3 Å². The molecule has 3 fully saturated rings. The van der Waals surface area contributed by atoms with E-state index in [1.807, 2.05) is 9.47 Å². The average molecular weight is 471 g/mol. The maximum atomic E-state index is 15.2. The molecule has 0 unspecified atom stereocenters. The van der Waals surface area contributed by atoms with Crippen molar-refractivity contribution in [1.82, 2.24) is 14.4 Å². The van der Waals surface area contributed by atoms with E-state index >= 15 is 4.39 Å². The number of anilines is 1. The Kier molecular flexibility index (Phi) is 6.29. The van der Waals surface area contributed by atoms with E-state index in [1.54, 1.807) is 11.0 Å². The number of carbonyl (C=O) groups is 2. The molecule has 182 valence electrons. The highest BCUT2D eigenvalue weighted by Crippen LogP contribution is 2.38. The second-order valence-electron chi connectivity index (χ2n) is 9.42. The first-order chi connectivity index (χ1) is 16.5. The maximum Gasteiger partial charge on any atom is 0.344 e. The van der Waals surface area contributed by atoms with E-state index in [1.165, 1.54) is 12.3 Å². The number of piperazine rings is 1. The summed E-state index contributed by atoms with van der Waals surface area (Å²) in [6, 6.07) is 3.17. The van der Waals surface area contributed by atoms with E-state index in [0.29, 0.717) is 24.3 Å². The highest BCUT2D eigenvalue weighted by Gasteiger charge is 2.29. The number of benzene rings is 1. The van der Waals surface area contributed by atoms with Crippen molar-refractivity contribution in [1.29, 1.82) is 0 Å². The number of hydrogen-bond donors (Lipinski definition) is 0. The van der Waals surface area contributed by atoms with Crippen LogP contribution in [-0.2, 0) is 9.53 Å². The van der Waals surface area contributed by atoms with Crippen LogP contribution in [-0.4, -0.2) is 78.7 Å². The Labute approximate surface area is 197 Å². The largest absolute Gasteiger partial charge is 0.452 e. The number of pyridine rings is 1. The highest BCUT2D eigenvalue weighted by molar-refractivity contribution is 5.95. The predicted molar refractivity (Wildman–Crippen MR) is 127 cm³/mol. The van der Waals surface area contributed by atoms with Gasteiger partial charge in [-0.2, -0.15) is 0 Å². The fraction of sp³-hybridized carbons (Fsp3) is 0.560. The van der Waals surface area contributed by atoms with Gasteiger partial charge in [0.25, 0.3) is 5.91 Å². The van der Waals surface area contributed by atoms with Gasteiger partial charge in [-0.15, -0.1) is 0 Å². The third-order valence-corrected chi connectivity index (χ3v) is 7.21. The van der Waals surface area contributed by atoms with Gasteiger partial charge in [-0.3, -0.25) is 9.59 Å². The first-order valence-electron chi connectivity index (χ1n) is 12.3. The van der Waals surface area contributed by atoms with Crippen LogP contribution in [0.1, 0.15) is 49.0 Å². The molecule has 5 rings (SSSR count). The zero-order valence-electron chi connectivity index (χ0n) is 19.6. The van der Waals surface area contributed by atoms with Crippen LogP contribution in [0.4, 0.5) is 10.1 Å². The number of halogens is 1. The van der Waals surface area contributed by atoms with Crippen molar-refractivity contribution in [3.63, 3.8) is 0 Å². The molecule has 9 heteroatoms. The molecule has 0 spiro atoms.